The number of aryl methyl sites for hydroxylation is 2. The van der Waals surface area contributed by atoms with E-state index >= 15 is 0 Å². The van der Waals surface area contributed by atoms with Crippen molar-refractivity contribution in [3.63, 3.8) is 0 Å². The van der Waals surface area contributed by atoms with Crippen LogP contribution in [-0.4, -0.2) is 35.9 Å². The van der Waals surface area contributed by atoms with Gasteiger partial charge >= 0.3 is 0 Å². The predicted molar refractivity (Wildman–Crippen MR) is 132 cm³/mol. The van der Waals surface area contributed by atoms with Crippen LogP contribution in [0.4, 0.5) is 0 Å². The monoisotopic (exact) mass is 450 g/mol. The van der Waals surface area contributed by atoms with Gasteiger partial charge in [0.05, 0.1) is 13.5 Å². The quantitative estimate of drug-likeness (QED) is 0.577. The zero-order chi connectivity index (χ0) is 23.8. The summed E-state index contributed by atoms with van der Waals surface area (Å²) in [7, 11) is 1.63. The number of hydrogen-bond acceptors (Lipinski definition) is 3. The molecule has 178 valence electrons. The highest BCUT2D eigenvalue weighted by Crippen LogP contribution is 2.21. The summed E-state index contributed by atoms with van der Waals surface area (Å²) in [6, 6.07) is 13.6. The van der Waals surface area contributed by atoms with Gasteiger partial charge in [0, 0.05) is 12.6 Å². The fraction of sp³-hybridized carbons (Fsp3) is 0.500. The zero-order valence-electron chi connectivity index (χ0n) is 20.5. The van der Waals surface area contributed by atoms with E-state index in [2.05, 4.69) is 23.5 Å². The third kappa shape index (κ3) is 7.08. The molecule has 1 aliphatic carbocycles. The van der Waals surface area contributed by atoms with E-state index in [9.17, 15) is 9.59 Å². The lowest BCUT2D eigenvalue weighted by Crippen LogP contribution is -2.51. The molecule has 0 bridgehead atoms. The van der Waals surface area contributed by atoms with Gasteiger partial charge in [-0.05, 0) is 56.4 Å². The van der Waals surface area contributed by atoms with E-state index in [-0.39, 0.29) is 24.3 Å². The summed E-state index contributed by atoms with van der Waals surface area (Å²) in [5, 5.41) is 3.24. The Kier molecular flexibility index (Phi) is 8.93. The number of carbonyl (C=O) groups excluding carboxylic acids is 2. The number of methoxy groups -OCH3 is 1. The van der Waals surface area contributed by atoms with Gasteiger partial charge in [0.15, 0.2) is 0 Å². The maximum Gasteiger partial charge on any atom is 0.243 e. The number of ether oxygens (including phenoxy) is 1. The van der Waals surface area contributed by atoms with Crippen LogP contribution < -0.4 is 10.1 Å². The molecule has 0 spiro atoms. The smallest absolute Gasteiger partial charge is 0.243 e. The van der Waals surface area contributed by atoms with Crippen LogP contribution >= 0.6 is 0 Å². The molecule has 1 atom stereocenters. The number of benzene rings is 2. The van der Waals surface area contributed by atoms with E-state index < -0.39 is 6.04 Å². The number of nitrogens with zero attached hydrogens (tertiary/aromatic N) is 1. The Morgan fingerprint density at radius 1 is 1.03 bits per heavy atom. The molecule has 1 fully saturated rings. The molecule has 33 heavy (non-hydrogen) atoms. The Bertz CT molecular complexity index is 930. The number of carbonyl (C=O) groups is 2. The zero-order valence-corrected chi connectivity index (χ0v) is 20.5. The molecule has 2 aromatic rings. The second-order valence-electron chi connectivity index (χ2n) is 9.31. The first-order valence-corrected chi connectivity index (χ1v) is 12.2. The Hall–Kier alpha value is -2.82. The molecule has 1 saturated carbocycles. The lowest BCUT2D eigenvalue weighted by Gasteiger charge is -2.33. The molecule has 3 rings (SSSR count). The first-order chi connectivity index (χ1) is 15.9. The second-order valence-corrected chi connectivity index (χ2v) is 9.31. The van der Waals surface area contributed by atoms with Crippen LogP contribution in [0.25, 0.3) is 0 Å². The average Bonchev–Trinajstić information content (AvgIpc) is 2.79. The molecule has 0 heterocycles. The van der Waals surface area contributed by atoms with E-state index in [0.29, 0.717) is 13.0 Å². The summed E-state index contributed by atoms with van der Waals surface area (Å²) in [5.74, 6) is 0.670. The fourth-order valence-electron chi connectivity index (χ4n) is 4.88. The third-order valence-corrected chi connectivity index (χ3v) is 6.46. The molecule has 0 aliphatic heterocycles. The first kappa shape index (κ1) is 24.8. The molecule has 0 aromatic heterocycles. The van der Waals surface area contributed by atoms with Crippen molar-refractivity contribution >= 4 is 11.8 Å². The van der Waals surface area contributed by atoms with Gasteiger partial charge in [-0.2, -0.15) is 0 Å². The highest BCUT2D eigenvalue weighted by Gasteiger charge is 2.30. The van der Waals surface area contributed by atoms with Crippen molar-refractivity contribution in [3.05, 3.63) is 64.7 Å². The predicted octanol–water partition coefficient (Wildman–Crippen LogP) is 5.11. The van der Waals surface area contributed by atoms with E-state index in [1.54, 1.807) is 12.0 Å². The fourth-order valence-corrected chi connectivity index (χ4v) is 4.88. The maximum atomic E-state index is 13.6. The highest BCUT2D eigenvalue weighted by molar-refractivity contribution is 5.88. The van der Waals surface area contributed by atoms with Gasteiger partial charge in [-0.3, -0.25) is 9.59 Å². The van der Waals surface area contributed by atoms with E-state index in [0.717, 1.165) is 53.7 Å². The van der Waals surface area contributed by atoms with Crippen molar-refractivity contribution in [3.8, 4) is 5.75 Å². The lowest BCUT2D eigenvalue weighted by atomic mass is 9.95. The third-order valence-electron chi connectivity index (χ3n) is 6.46. The van der Waals surface area contributed by atoms with Crippen LogP contribution in [0, 0.1) is 13.8 Å². The van der Waals surface area contributed by atoms with Gasteiger partial charge < -0.3 is 15.0 Å². The van der Waals surface area contributed by atoms with Gasteiger partial charge in [0.25, 0.3) is 0 Å². The van der Waals surface area contributed by atoms with E-state index in [1.165, 1.54) is 6.42 Å². The van der Waals surface area contributed by atoms with Gasteiger partial charge in [0.1, 0.15) is 11.8 Å². The highest BCUT2D eigenvalue weighted by atomic mass is 16.5. The minimum atomic E-state index is -0.503. The van der Waals surface area contributed by atoms with Crippen molar-refractivity contribution in [1.29, 1.82) is 0 Å². The van der Waals surface area contributed by atoms with Crippen LogP contribution in [0.2, 0.25) is 0 Å². The van der Waals surface area contributed by atoms with Gasteiger partial charge in [0.2, 0.25) is 11.8 Å². The van der Waals surface area contributed by atoms with Gasteiger partial charge in [-0.15, -0.1) is 0 Å². The normalized spacial score (nSPS) is 15.0. The van der Waals surface area contributed by atoms with Crippen LogP contribution in [-0.2, 0) is 22.6 Å². The summed E-state index contributed by atoms with van der Waals surface area (Å²) in [5.41, 5.74) is 4.21. The maximum absolute atomic E-state index is 13.6. The van der Waals surface area contributed by atoms with Crippen LogP contribution in [0.1, 0.15) is 67.7 Å². The molecule has 1 unspecified atom stereocenters. The molecule has 2 amide bonds. The van der Waals surface area contributed by atoms with E-state index in [4.69, 9.17) is 4.74 Å². The standard InChI is InChI=1S/C28H38N2O3/c1-5-26(28(32)29-24-11-7-6-8-12-24)30(19-22-10-9-13-25(17-22)33-4)27(31)18-23-15-20(2)14-21(3)16-23/h9-10,13-17,24,26H,5-8,11-12,18-19H2,1-4H3,(H,29,32). The second kappa shape index (κ2) is 11.9. The lowest BCUT2D eigenvalue weighted by molar-refractivity contribution is -0.141. The Balaban J connectivity index is 1.84. The summed E-state index contributed by atoms with van der Waals surface area (Å²) in [6.45, 7) is 6.44. The number of nitrogens with one attached hydrogen (secondary N) is 1. The van der Waals surface area contributed by atoms with Crippen molar-refractivity contribution in [2.24, 2.45) is 0 Å². The molecular formula is C28H38N2O3. The van der Waals surface area contributed by atoms with Gasteiger partial charge in [-0.1, -0.05) is 67.6 Å². The number of hydrogen-bond donors (Lipinski definition) is 1. The molecule has 0 saturated heterocycles. The van der Waals surface area contributed by atoms with Crippen molar-refractivity contribution < 1.29 is 14.3 Å². The topological polar surface area (TPSA) is 58.6 Å². The Morgan fingerprint density at radius 3 is 2.36 bits per heavy atom. The summed E-state index contributed by atoms with van der Waals surface area (Å²) >= 11 is 0. The van der Waals surface area contributed by atoms with Crippen molar-refractivity contribution in [2.45, 2.75) is 84.3 Å². The summed E-state index contributed by atoms with van der Waals surface area (Å²) in [4.78, 5) is 28.7. The summed E-state index contributed by atoms with van der Waals surface area (Å²) in [6.07, 6.45) is 6.44. The van der Waals surface area contributed by atoms with Crippen molar-refractivity contribution in [1.82, 2.24) is 10.2 Å². The Labute approximate surface area is 198 Å². The molecule has 2 aromatic carbocycles. The van der Waals surface area contributed by atoms with Crippen LogP contribution in [0.15, 0.2) is 42.5 Å². The number of rotatable bonds is 9. The molecule has 1 N–H and O–H groups in total. The average molecular weight is 451 g/mol. The summed E-state index contributed by atoms with van der Waals surface area (Å²) < 4.78 is 5.37. The molecular weight excluding hydrogens is 412 g/mol. The van der Waals surface area contributed by atoms with Crippen LogP contribution in [0.5, 0.6) is 5.75 Å². The minimum absolute atomic E-state index is 0.0338. The molecule has 0 radical (unpaired) electrons. The van der Waals surface area contributed by atoms with Crippen molar-refractivity contribution in [2.75, 3.05) is 7.11 Å². The number of amides is 2. The molecule has 1 aliphatic rings. The van der Waals surface area contributed by atoms with E-state index in [1.807, 2.05) is 45.0 Å². The largest absolute Gasteiger partial charge is 0.497 e. The molecule has 5 heteroatoms. The first-order valence-electron chi connectivity index (χ1n) is 12.2. The van der Waals surface area contributed by atoms with Crippen LogP contribution in [0.3, 0.4) is 0 Å². The van der Waals surface area contributed by atoms with Gasteiger partial charge in [-0.25, -0.2) is 0 Å². The molecule has 5 nitrogen and oxygen atoms in total. The minimum Gasteiger partial charge on any atom is -0.497 e. The Morgan fingerprint density at radius 2 is 1.73 bits per heavy atom. The SMILES string of the molecule is CCC(C(=O)NC1CCCCC1)N(Cc1cccc(OC)c1)C(=O)Cc1cc(C)cc(C)c1.